The van der Waals surface area contributed by atoms with E-state index in [4.69, 9.17) is 10.3 Å². The standard InChI is InChI=1S/C12H15N3O/c1-8-4-3-5-10(9(8)2)12-14-11(6-7-13)16-15-12/h3-5H,6-7,13H2,1-2H3. The fourth-order valence-corrected chi connectivity index (χ4v) is 1.58. The minimum absolute atomic E-state index is 0.522. The summed E-state index contributed by atoms with van der Waals surface area (Å²) in [5.41, 5.74) is 8.86. The van der Waals surface area contributed by atoms with E-state index in [2.05, 4.69) is 30.1 Å². The number of benzene rings is 1. The second-order valence-electron chi connectivity index (χ2n) is 3.80. The first-order valence-corrected chi connectivity index (χ1v) is 5.31. The molecule has 0 fully saturated rings. The molecule has 1 aromatic carbocycles. The third kappa shape index (κ3) is 1.97. The second kappa shape index (κ2) is 4.45. The first kappa shape index (κ1) is 10.8. The predicted molar refractivity (Wildman–Crippen MR) is 62.0 cm³/mol. The number of nitrogens with zero attached hydrogens (tertiary/aromatic N) is 2. The Bertz CT molecular complexity index is 491. The molecular weight excluding hydrogens is 202 g/mol. The molecule has 0 saturated carbocycles. The summed E-state index contributed by atoms with van der Waals surface area (Å²) in [5.74, 6) is 1.24. The molecule has 0 aliphatic carbocycles. The van der Waals surface area contributed by atoms with Crippen LogP contribution in [0.15, 0.2) is 22.7 Å². The van der Waals surface area contributed by atoms with E-state index in [9.17, 15) is 0 Å². The van der Waals surface area contributed by atoms with Gasteiger partial charge < -0.3 is 10.3 Å². The summed E-state index contributed by atoms with van der Waals surface area (Å²) in [5, 5.41) is 3.97. The van der Waals surface area contributed by atoms with Crippen LogP contribution in [0.25, 0.3) is 11.4 Å². The van der Waals surface area contributed by atoms with Crippen LogP contribution in [0.2, 0.25) is 0 Å². The average molecular weight is 217 g/mol. The van der Waals surface area contributed by atoms with E-state index in [1.807, 2.05) is 12.1 Å². The van der Waals surface area contributed by atoms with Crippen molar-refractivity contribution in [3.05, 3.63) is 35.2 Å². The van der Waals surface area contributed by atoms with E-state index in [0.29, 0.717) is 24.7 Å². The van der Waals surface area contributed by atoms with Crippen LogP contribution in [0, 0.1) is 13.8 Å². The zero-order valence-electron chi connectivity index (χ0n) is 9.53. The van der Waals surface area contributed by atoms with Crippen molar-refractivity contribution < 1.29 is 4.52 Å². The van der Waals surface area contributed by atoms with Gasteiger partial charge in [-0.2, -0.15) is 4.98 Å². The van der Waals surface area contributed by atoms with Crippen molar-refractivity contribution in [2.24, 2.45) is 5.73 Å². The molecule has 4 nitrogen and oxygen atoms in total. The van der Waals surface area contributed by atoms with Gasteiger partial charge in [-0.25, -0.2) is 0 Å². The number of nitrogens with two attached hydrogens (primary N) is 1. The molecule has 2 rings (SSSR count). The van der Waals surface area contributed by atoms with Gasteiger partial charge in [0, 0.05) is 18.5 Å². The van der Waals surface area contributed by atoms with Crippen LogP contribution in [-0.4, -0.2) is 16.7 Å². The number of hydrogen-bond donors (Lipinski definition) is 1. The Kier molecular flexibility index (Phi) is 3.01. The van der Waals surface area contributed by atoms with Crippen LogP contribution < -0.4 is 5.73 Å². The van der Waals surface area contributed by atoms with Crippen molar-refractivity contribution in [1.29, 1.82) is 0 Å². The highest BCUT2D eigenvalue weighted by molar-refractivity contribution is 5.61. The van der Waals surface area contributed by atoms with Gasteiger partial charge in [-0.3, -0.25) is 0 Å². The fraction of sp³-hybridized carbons (Fsp3) is 0.333. The zero-order valence-corrected chi connectivity index (χ0v) is 9.53. The molecule has 1 aromatic heterocycles. The van der Waals surface area contributed by atoms with Gasteiger partial charge in [0.1, 0.15) is 0 Å². The highest BCUT2D eigenvalue weighted by Crippen LogP contribution is 2.22. The molecule has 0 aliphatic rings. The molecule has 2 N–H and O–H groups in total. The monoisotopic (exact) mass is 217 g/mol. The van der Waals surface area contributed by atoms with Crippen LogP contribution in [0.3, 0.4) is 0 Å². The Balaban J connectivity index is 2.39. The third-order valence-electron chi connectivity index (χ3n) is 2.67. The smallest absolute Gasteiger partial charge is 0.228 e. The van der Waals surface area contributed by atoms with Gasteiger partial charge in [0.05, 0.1) is 0 Å². The summed E-state index contributed by atoms with van der Waals surface area (Å²) in [6.45, 7) is 4.65. The zero-order chi connectivity index (χ0) is 11.5. The number of rotatable bonds is 3. The van der Waals surface area contributed by atoms with Crippen LogP contribution in [0.1, 0.15) is 17.0 Å². The van der Waals surface area contributed by atoms with Crippen molar-refractivity contribution in [2.45, 2.75) is 20.3 Å². The summed E-state index contributed by atoms with van der Waals surface area (Å²) in [4.78, 5) is 4.31. The Morgan fingerprint density at radius 3 is 2.88 bits per heavy atom. The first-order chi connectivity index (χ1) is 7.72. The topological polar surface area (TPSA) is 64.9 Å². The predicted octanol–water partition coefficient (Wildman–Crippen LogP) is 1.85. The molecule has 0 atom stereocenters. The summed E-state index contributed by atoms with van der Waals surface area (Å²) >= 11 is 0. The molecule has 1 heterocycles. The molecule has 0 amide bonds. The van der Waals surface area contributed by atoms with Gasteiger partial charge in [-0.05, 0) is 25.0 Å². The Labute approximate surface area is 94.5 Å². The minimum atomic E-state index is 0.522. The SMILES string of the molecule is Cc1cccc(-c2noc(CCN)n2)c1C. The molecule has 0 unspecified atom stereocenters. The second-order valence-corrected chi connectivity index (χ2v) is 3.80. The van der Waals surface area contributed by atoms with Gasteiger partial charge >= 0.3 is 0 Å². The normalized spacial score (nSPS) is 10.7. The Hall–Kier alpha value is -1.68. The largest absolute Gasteiger partial charge is 0.339 e. The molecule has 0 spiro atoms. The molecule has 0 radical (unpaired) electrons. The first-order valence-electron chi connectivity index (χ1n) is 5.31. The van der Waals surface area contributed by atoms with Gasteiger partial charge in [0.25, 0.3) is 0 Å². The van der Waals surface area contributed by atoms with E-state index < -0.39 is 0 Å². The number of aryl methyl sites for hydroxylation is 1. The van der Waals surface area contributed by atoms with Crippen molar-refractivity contribution in [3.8, 4) is 11.4 Å². The van der Waals surface area contributed by atoms with Gasteiger partial charge in [-0.1, -0.05) is 23.4 Å². The van der Waals surface area contributed by atoms with Crippen LogP contribution in [0.5, 0.6) is 0 Å². The van der Waals surface area contributed by atoms with E-state index in [-0.39, 0.29) is 0 Å². The third-order valence-corrected chi connectivity index (χ3v) is 2.67. The molecule has 0 aliphatic heterocycles. The van der Waals surface area contributed by atoms with Crippen molar-refractivity contribution in [2.75, 3.05) is 6.54 Å². The summed E-state index contributed by atoms with van der Waals surface area (Å²) in [6.07, 6.45) is 0.623. The molecule has 16 heavy (non-hydrogen) atoms. The lowest BCUT2D eigenvalue weighted by molar-refractivity contribution is 0.380. The molecule has 0 bridgehead atoms. The minimum Gasteiger partial charge on any atom is -0.339 e. The fourth-order valence-electron chi connectivity index (χ4n) is 1.58. The van der Waals surface area contributed by atoms with Crippen molar-refractivity contribution in [3.63, 3.8) is 0 Å². The quantitative estimate of drug-likeness (QED) is 0.852. The summed E-state index contributed by atoms with van der Waals surface area (Å²) in [6, 6.07) is 6.07. The summed E-state index contributed by atoms with van der Waals surface area (Å²) < 4.78 is 5.11. The molecule has 4 heteroatoms. The van der Waals surface area contributed by atoms with Crippen LogP contribution in [-0.2, 0) is 6.42 Å². The average Bonchev–Trinajstić information content (AvgIpc) is 2.71. The number of hydrogen-bond acceptors (Lipinski definition) is 4. The molecule has 0 saturated heterocycles. The number of aromatic nitrogens is 2. The Morgan fingerprint density at radius 2 is 2.12 bits per heavy atom. The lowest BCUT2D eigenvalue weighted by Gasteiger charge is -2.03. The maximum absolute atomic E-state index is 5.43. The molecule has 2 aromatic rings. The maximum Gasteiger partial charge on any atom is 0.228 e. The highest BCUT2D eigenvalue weighted by atomic mass is 16.5. The maximum atomic E-state index is 5.43. The van der Waals surface area contributed by atoms with Crippen molar-refractivity contribution >= 4 is 0 Å². The van der Waals surface area contributed by atoms with Crippen LogP contribution in [0.4, 0.5) is 0 Å². The van der Waals surface area contributed by atoms with Gasteiger partial charge in [0.2, 0.25) is 11.7 Å². The molecule has 84 valence electrons. The highest BCUT2D eigenvalue weighted by Gasteiger charge is 2.10. The molecular formula is C12H15N3O. The van der Waals surface area contributed by atoms with Crippen LogP contribution >= 0.6 is 0 Å². The lowest BCUT2D eigenvalue weighted by atomic mass is 10.0. The Morgan fingerprint density at radius 1 is 1.31 bits per heavy atom. The lowest BCUT2D eigenvalue weighted by Crippen LogP contribution is -2.02. The van der Waals surface area contributed by atoms with Crippen molar-refractivity contribution in [1.82, 2.24) is 10.1 Å². The van der Waals surface area contributed by atoms with E-state index >= 15 is 0 Å². The van der Waals surface area contributed by atoms with E-state index in [1.54, 1.807) is 0 Å². The van der Waals surface area contributed by atoms with E-state index in [1.165, 1.54) is 11.1 Å². The van der Waals surface area contributed by atoms with E-state index in [0.717, 1.165) is 5.56 Å². The summed E-state index contributed by atoms with van der Waals surface area (Å²) in [7, 11) is 0. The van der Waals surface area contributed by atoms with Gasteiger partial charge in [-0.15, -0.1) is 0 Å². The van der Waals surface area contributed by atoms with Gasteiger partial charge in [0.15, 0.2) is 0 Å².